The van der Waals surface area contributed by atoms with Gasteiger partial charge in [0.1, 0.15) is 17.1 Å². The highest BCUT2D eigenvalue weighted by Gasteiger charge is 2.23. The number of pyridine rings is 1. The monoisotopic (exact) mass is 269 g/mol. The Morgan fingerprint density at radius 3 is 2.85 bits per heavy atom. The van der Waals surface area contributed by atoms with E-state index < -0.39 is 0 Å². The molecule has 0 amide bonds. The van der Waals surface area contributed by atoms with Crippen molar-refractivity contribution in [3.05, 3.63) is 35.1 Å². The van der Waals surface area contributed by atoms with E-state index in [1.54, 1.807) is 6.20 Å². The third-order valence-electron chi connectivity index (χ3n) is 4.36. The third-order valence-corrected chi connectivity index (χ3v) is 4.36. The second kappa shape index (κ2) is 4.44. The molecule has 2 N–H and O–H groups in total. The summed E-state index contributed by atoms with van der Waals surface area (Å²) < 4.78 is 2.24. The van der Waals surface area contributed by atoms with Crippen molar-refractivity contribution in [3.63, 3.8) is 0 Å². The van der Waals surface area contributed by atoms with Gasteiger partial charge < -0.3 is 4.98 Å². The molecule has 1 aliphatic rings. The van der Waals surface area contributed by atoms with Crippen LogP contribution in [0.5, 0.6) is 0 Å². The highest BCUT2D eigenvalue weighted by Crippen LogP contribution is 2.26. The van der Waals surface area contributed by atoms with Gasteiger partial charge in [-0.05, 0) is 31.7 Å². The van der Waals surface area contributed by atoms with Gasteiger partial charge >= 0.3 is 5.56 Å². The zero-order valence-corrected chi connectivity index (χ0v) is 11.2. The van der Waals surface area contributed by atoms with Crippen molar-refractivity contribution in [3.8, 4) is 0 Å². The number of nitrogens with one attached hydrogen (secondary N) is 2. The van der Waals surface area contributed by atoms with E-state index in [9.17, 15) is 4.79 Å². The summed E-state index contributed by atoms with van der Waals surface area (Å²) in [4.78, 5) is 22.4. The van der Waals surface area contributed by atoms with Crippen molar-refractivity contribution in [2.75, 3.05) is 0 Å². The predicted molar refractivity (Wildman–Crippen MR) is 76.5 cm³/mol. The van der Waals surface area contributed by atoms with Crippen LogP contribution in [0.25, 0.3) is 21.9 Å². The smallest absolute Gasteiger partial charge is 0.344 e. The predicted octanol–water partition coefficient (Wildman–Crippen LogP) is 2.20. The molecule has 0 radical (unpaired) electrons. The summed E-state index contributed by atoms with van der Waals surface area (Å²) in [6, 6.07) is 2.48. The first-order chi connectivity index (χ1) is 9.84. The molecular formula is C15H17N4O+. The van der Waals surface area contributed by atoms with Crippen LogP contribution in [-0.2, 0) is 0 Å². The van der Waals surface area contributed by atoms with Gasteiger partial charge in [-0.25, -0.2) is 19.3 Å². The molecule has 102 valence electrons. The average molecular weight is 269 g/mol. The molecule has 0 aromatic carbocycles. The van der Waals surface area contributed by atoms with Crippen molar-refractivity contribution >= 4 is 21.9 Å². The topological polar surface area (TPSA) is 65.4 Å². The fraction of sp³-hybridized carbons (Fsp3) is 0.400. The minimum Gasteiger partial charge on any atom is -0.346 e. The molecule has 0 bridgehead atoms. The summed E-state index contributed by atoms with van der Waals surface area (Å²) in [6.07, 6.45) is 11.6. The summed E-state index contributed by atoms with van der Waals surface area (Å²) in [5, 5.41) is 1.70. The average Bonchev–Trinajstić information content (AvgIpc) is 2.97. The Bertz CT molecular complexity index is 827. The van der Waals surface area contributed by atoms with E-state index in [1.165, 1.54) is 32.1 Å². The summed E-state index contributed by atoms with van der Waals surface area (Å²) in [6.45, 7) is 0. The second-order valence-corrected chi connectivity index (χ2v) is 5.56. The number of nitrogens with zero attached hydrogens (tertiary/aromatic N) is 2. The van der Waals surface area contributed by atoms with Crippen LogP contribution in [0.1, 0.15) is 38.1 Å². The Balaban J connectivity index is 2.06. The maximum absolute atomic E-state index is 12.1. The lowest BCUT2D eigenvalue weighted by atomic mass is 9.95. The van der Waals surface area contributed by atoms with E-state index in [-0.39, 0.29) is 5.56 Å². The van der Waals surface area contributed by atoms with E-state index in [0.717, 1.165) is 16.6 Å². The molecule has 1 aliphatic carbocycles. The van der Waals surface area contributed by atoms with Crippen molar-refractivity contribution in [1.29, 1.82) is 0 Å². The Morgan fingerprint density at radius 2 is 2.00 bits per heavy atom. The molecule has 0 unspecified atom stereocenters. The first-order valence-electron chi connectivity index (χ1n) is 7.23. The van der Waals surface area contributed by atoms with Crippen LogP contribution in [0.3, 0.4) is 0 Å². The normalized spacial score (nSPS) is 17.0. The van der Waals surface area contributed by atoms with Gasteiger partial charge in [0.2, 0.25) is 6.33 Å². The van der Waals surface area contributed by atoms with Crippen LogP contribution in [0.4, 0.5) is 0 Å². The SMILES string of the molecule is O=c1[nH]c[n+](C2CCCCC2)c2c1cnc1[nH]ccc12. The number of fused-ring (bicyclic) bond motifs is 3. The Labute approximate surface area is 115 Å². The number of hydrogen-bond donors (Lipinski definition) is 2. The maximum atomic E-state index is 12.1. The second-order valence-electron chi connectivity index (χ2n) is 5.56. The van der Waals surface area contributed by atoms with Gasteiger partial charge in [-0.3, -0.25) is 0 Å². The fourth-order valence-corrected chi connectivity index (χ4v) is 3.36. The summed E-state index contributed by atoms with van der Waals surface area (Å²) in [7, 11) is 0. The van der Waals surface area contributed by atoms with Gasteiger partial charge in [0.05, 0.1) is 5.39 Å². The van der Waals surface area contributed by atoms with E-state index in [2.05, 4.69) is 19.5 Å². The highest BCUT2D eigenvalue weighted by atomic mass is 16.1. The number of aromatic nitrogens is 4. The number of H-pyrrole nitrogens is 2. The van der Waals surface area contributed by atoms with E-state index in [1.807, 2.05) is 18.6 Å². The van der Waals surface area contributed by atoms with Crippen molar-refractivity contribution in [2.45, 2.75) is 38.1 Å². The quantitative estimate of drug-likeness (QED) is 0.665. The minimum atomic E-state index is -0.0670. The molecule has 0 aliphatic heterocycles. The van der Waals surface area contributed by atoms with Crippen LogP contribution in [0.15, 0.2) is 29.6 Å². The summed E-state index contributed by atoms with van der Waals surface area (Å²) in [5.74, 6) is 0. The van der Waals surface area contributed by atoms with Crippen molar-refractivity contribution in [2.24, 2.45) is 0 Å². The molecule has 5 heteroatoms. The van der Waals surface area contributed by atoms with E-state index in [0.29, 0.717) is 11.4 Å². The van der Waals surface area contributed by atoms with Crippen LogP contribution in [0.2, 0.25) is 0 Å². The molecule has 0 atom stereocenters. The van der Waals surface area contributed by atoms with Gasteiger partial charge in [-0.15, -0.1) is 0 Å². The molecule has 1 saturated carbocycles. The molecular weight excluding hydrogens is 252 g/mol. The lowest BCUT2D eigenvalue weighted by molar-refractivity contribution is -0.703. The molecule has 1 fully saturated rings. The molecule has 0 saturated heterocycles. The minimum absolute atomic E-state index is 0.0670. The van der Waals surface area contributed by atoms with Gasteiger partial charge in [-0.1, -0.05) is 6.42 Å². The number of rotatable bonds is 1. The van der Waals surface area contributed by atoms with Gasteiger partial charge in [-0.2, -0.15) is 0 Å². The lowest BCUT2D eigenvalue weighted by Gasteiger charge is -2.20. The standard InChI is InChI=1S/C15H16N4O/c20-15-12-8-17-14-11(6-7-16-14)13(12)19(9-18-15)10-4-2-1-3-5-10/h6-10H,1-5H2,(H,16,17,20)/p+1. The Kier molecular flexibility index (Phi) is 2.58. The number of hydrogen-bond acceptors (Lipinski definition) is 2. The molecule has 3 aromatic heterocycles. The molecule has 0 spiro atoms. The van der Waals surface area contributed by atoms with E-state index in [4.69, 9.17) is 0 Å². The fourth-order valence-electron chi connectivity index (χ4n) is 3.36. The molecule has 20 heavy (non-hydrogen) atoms. The zero-order valence-electron chi connectivity index (χ0n) is 11.2. The maximum Gasteiger partial charge on any atom is 0.344 e. The van der Waals surface area contributed by atoms with Gasteiger partial charge in [0, 0.05) is 12.4 Å². The van der Waals surface area contributed by atoms with Gasteiger partial charge in [0.15, 0.2) is 5.52 Å². The number of aromatic amines is 2. The van der Waals surface area contributed by atoms with Crippen molar-refractivity contribution < 1.29 is 4.57 Å². The third kappa shape index (κ3) is 1.66. The molecule has 4 rings (SSSR count). The molecule has 3 aromatic rings. The summed E-state index contributed by atoms with van der Waals surface area (Å²) in [5.41, 5.74) is 1.78. The van der Waals surface area contributed by atoms with Crippen molar-refractivity contribution in [1.82, 2.24) is 15.0 Å². The lowest BCUT2D eigenvalue weighted by Crippen LogP contribution is -2.43. The zero-order chi connectivity index (χ0) is 13.5. The van der Waals surface area contributed by atoms with Crippen LogP contribution < -0.4 is 10.1 Å². The molecule has 3 heterocycles. The summed E-state index contributed by atoms with van der Waals surface area (Å²) >= 11 is 0. The first kappa shape index (κ1) is 11.6. The molecule has 5 nitrogen and oxygen atoms in total. The first-order valence-corrected chi connectivity index (χ1v) is 7.23. The largest absolute Gasteiger partial charge is 0.346 e. The van der Waals surface area contributed by atoms with Crippen LogP contribution in [-0.4, -0.2) is 15.0 Å². The van der Waals surface area contributed by atoms with Gasteiger partial charge in [0.25, 0.3) is 0 Å². The van der Waals surface area contributed by atoms with E-state index >= 15 is 0 Å². The highest BCUT2D eigenvalue weighted by molar-refractivity contribution is 5.99. The van der Waals surface area contributed by atoms with Crippen LogP contribution >= 0.6 is 0 Å². The van der Waals surface area contributed by atoms with Crippen LogP contribution in [0, 0.1) is 0 Å². The Hall–Kier alpha value is -2.17. The Morgan fingerprint density at radius 1 is 1.15 bits per heavy atom.